The van der Waals surface area contributed by atoms with Gasteiger partial charge >= 0.3 is 0 Å². The molecule has 1 aliphatic heterocycles. The zero-order valence-electron chi connectivity index (χ0n) is 19.1. The fraction of sp³-hybridized carbons (Fsp3) is 0.542. The van der Waals surface area contributed by atoms with Gasteiger partial charge in [-0.2, -0.15) is 0 Å². The molecule has 0 unspecified atom stereocenters. The van der Waals surface area contributed by atoms with Gasteiger partial charge in [-0.15, -0.1) is 0 Å². The second kappa shape index (κ2) is 11.0. The molecule has 6 nitrogen and oxygen atoms in total. The minimum absolute atomic E-state index is 0.0424. The van der Waals surface area contributed by atoms with Crippen molar-refractivity contribution in [3.63, 3.8) is 0 Å². The van der Waals surface area contributed by atoms with Gasteiger partial charge in [-0.3, -0.25) is 14.6 Å². The van der Waals surface area contributed by atoms with E-state index >= 15 is 0 Å². The molecule has 0 atom stereocenters. The average Bonchev–Trinajstić information content (AvgIpc) is 3.23. The van der Waals surface area contributed by atoms with Gasteiger partial charge in [-0.1, -0.05) is 26.0 Å². The SMILES string of the molecule is CC.CC(=O)/C(N)=C1\CCCC1=NCC(=O)N1CCN(c2cccc(C)c2C)CC1. The van der Waals surface area contributed by atoms with E-state index in [2.05, 4.69) is 41.9 Å². The molecule has 2 aliphatic rings. The molecule has 2 N–H and O–H groups in total. The normalized spacial score (nSPS) is 19.4. The van der Waals surface area contributed by atoms with Crippen molar-refractivity contribution >= 4 is 23.1 Å². The van der Waals surface area contributed by atoms with Crippen molar-refractivity contribution in [2.45, 2.75) is 53.9 Å². The van der Waals surface area contributed by atoms with Crippen molar-refractivity contribution in [1.29, 1.82) is 0 Å². The summed E-state index contributed by atoms with van der Waals surface area (Å²) < 4.78 is 0. The number of amides is 1. The van der Waals surface area contributed by atoms with E-state index in [-0.39, 0.29) is 18.2 Å². The summed E-state index contributed by atoms with van der Waals surface area (Å²) >= 11 is 0. The van der Waals surface area contributed by atoms with Crippen LogP contribution in [0.25, 0.3) is 0 Å². The van der Waals surface area contributed by atoms with E-state index in [0.717, 1.165) is 43.6 Å². The van der Waals surface area contributed by atoms with Gasteiger partial charge in [0.2, 0.25) is 5.91 Å². The van der Waals surface area contributed by atoms with E-state index in [1.54, 1.807) is 0 Å². The van der Waals surface area contributed by atoms with Crippen LogP contribution in [0, 0.1) is 13.8 Å². The predicted molar refractivity (Wildman–Crippen MR) is 124 cm³/mol. The molecule has 164 valence electrons. The number of piperazine rings is 1. The van der Waals surface area contributed by atoms with Gasteiger partial charge < -0.3 is 15.5 Å². The van der Waals surface area contributed by atoms with E-state index in [4.69, 9.17) is 5.73 Å². The Labute approximate surface area is 180 Å². The van der Waals surface area contributed by atoms with Crippen LogP contribution in [0.4, 0.5) is 5.69 Å². The molecule has 0 aromatic heterocycles. The Morgan fingerprint density at radius 2 is 1.73 bits per heavy atom. The Balaban J connectivity index is 0.00000155. The summed E-state index contributed by atoms with van der Waals surface area (Å²) in [5, 5.41) is 0. The van der Waals surface area contributed by atoms with Gasteiger partial charge in [-0.05, 0) is 55.9 Å². The van der Waals surface area contributed by atoms with Crippen LogP contribution in [0.1, 0.15) is 51.2 Å². The van der Waals surface area contributed by atoms with Crippen LogP contribution in [-0.4, -0.2) is 55.0 Å². The molecule has 30 heavy (non-hydrogen) atoms. The van der Waals surface area contributed by atoms with Crippen molar-refractivity contribution in [2.24, 2.45) is 10.7 Å². The molecular weight excluding hydrogens is 376 g/mol. The molecule has 0 spiro atoms. The highest BCUT2D eigenvalue weighted by molar-refractivity contribution is 6.09. The number of rotatable bonds is 4. The molecule has 1 aliphatic carbocycles. The van der Waals surface area contributed by atoms with Crippen molar-refractivity contribution in [2.75, 3.05) is 37.6 Å². The Kier molecular flexibility index (Phi) is 8.63. The molecule has 1 heterocycles. The third-order valence-corrected chi connectivity index (χ3v) is 5.85. The Hall–Kier alpha value is -2.63. The third-order valence-electron chi connectivity index (χ3n) is 5.85. The van der Waals surface area contributed by atoms with Crippen LogP contribution in [0.15, 0.2) is 34.5 Å². The molecule has 1 amide bonds. The maximum atomic E-state index is 12.6. The summed E-state index contributed by atoms with van der Waals surface area (Å²) in [5.74, 6) is -0.0840. The van der Waals surface area contributed by atoms with Gasteiger partial charge in [-0.25, -0.2) is 0 Å². The number of nitrogens with zero attached hydrogens (tertiary/aromatic N) is 3. The summed E-state index contributed by atoms with van der Waals surface area (Å²) in [6.45, 7) is 12.9. The molecule has 1 aromatic rings. The molecular formula is C24H36N4O2. The lowest BCUT2D eigenvalue weighted by atomic mass is 10.1. The first-order valence-electron chi connectivity index (χ1n) is 11.0. The number of Topliss-reactive ketones (excluding diaryl/α,β-unsaturated/α-hetero) is 1. The first-order valence-corrected chi connectivity index (χ1v) is 11.0. The summed E-state index contributed by atoms with van der Waals surface area (Å²) in [4.78, 5) is 32.9. The molecule has 1 aromatic carbocycles. The Bertz CT molecular complexity index is 834. The van der Waals surface area contributed by atoms with Crippen molar-refractivity contribution in [1.82, 2.24) is 4.90 Å². The first-order chi connectivity index (χ1) is 14.4. The number of carbonyl (C=O) groups is 2. The smallest absolute Gasteiger partial charge is 0.244 e. The highest BCUT2D eigenvalue weighted by atomic mass is 16.2. The third kappa shape index (κ3) is 5.49. The number of allylic oxidation sites excluding steroid dienone is 2. The van der Waals surface area contributed by atoms with Crippen molar-refractivity contribution < 1.29 is 9.59 Å². The minimum atomic E-state index is -0.126. The summed E-state index contributed by atoms with van der Waals surface area (Å²) in [6, 6.07) is 6.37. The second-order valence-corrected chi connectivity index (χ2v) is 7.65. The van der Waals surface area contributed by atoms with Crippen LogP contribution in [0.5, 0.6) is 0 Å². The van der Waals surface area contributed by atoms with Crippen LogP contribution in [0.3, 0.4) is 0 Å². The summed E-state index contributed by atoms with van der Waals surface area (Å²) in [6.07, 6.45) is 2.49. The zero-order chi connectivity index (χ0) is 22.3. The number of hydrogen-bond donors (Lipinski definition) is 1. The molecule has 1 saturated heterocycles. The Morgan fingerprint density at radius 3 is 2.37 bits per heavy atom. The number of nitrogens with two attached hydrogens (primary N) is 1. The highest BCUT2D eigenvalue weighted by Crippen LogP contribution is 2.25. The predicted octanol–water partition coefficient (Wildman–Crippen LogP) is 3.40. The zero-order valence-corrected chi connectivity index (χ0v) is 19.1. The standard InChI is InChI=1S/C22H30N4O2.C2H6/c1-15-6-4-9-20(16(15)2)25-10-12-26(13-11-25)21(28)14-24-19-8-5-7-18(19)22(23)17(3)27;1-2/h4,6,9H,5,7-8,10-14,23H2,1-3H3;1-2H3/b22-18-,24-19?;. The maximum absolute atomic E-state index is 12.6. The van der Waals surface area contributed by atoms with Crippen molar-refractivity contribution in [3.05, 3.63) is 40.6 Å². The van der Waals surface area contributed by atoms with E-state index < -0.39 is 0 Å². The van der Waals surface area contributed by atoms with Gasteiger partial charge in [0.05, 0.1) is 5.70 Å². The Morgan fingerprint density at radius 1 is 1.07 bits per heavy atom. The van der Waals surface area contributed by atoms with Crippen LogP contribution >= 0.6 is 0 Å². The number of ketones is 1. The monoisotopic (exact) mass is 412 g/mol. The number of carbonyl (C=O) groups excluding carboxylic acids is 2. The van der Waals surface area contributed by atoms with Crippen LogP contribution < -0.4 is 10.6 Å². The number of aliphatic imine (C=N–C) groups is 1. The molecule has 6 heteroatoms. The summed E-state index contributed by atoms with van der Waals surface area (Å²) in [7, 11) is 0. The maximum Gasteiger partial charge on any atom is 0.244 e. The number of aryl methyl sites for hydroxylation is 1. The molecule has 0 radical (unpaired) electrons. The minimum Gasteiger partial charge on any atom is -0.396 e. The number of benzene rings is 1. The second-order valence-electron chi connectivity index (χ2n) is 7.65. The van der Waals surface area contributed by atoms with Crippen molar-refractivity contribution in [3.8, 4) is 0 Å². The molecule has 3 rings (SSSR count). The highest BCUT2D eigenvalue weighted by Gasteiger charge is 2.24. The molecule has 0 bridgehead atoms. The number of anilines is 1. The lowest BCUT2D eigenvalue weighted by Crippen LogP contribution is -2.49. The molecule has 1 saturated carbocycles. The first kappa shape index (κ1) is 23.6. The van der Waals surface area contributed by atoms with Gasteiger partial charge in [0.15, 0.2) is 5.78 Å². The van der Waals surface area contributed by atoms with Crippen LogP contribution in [0.2, 0.25) is 0 Å². The summed E-state index contributed by atoms with van der Waals surface area (Å²) in [5.41, 5.74) is 11.7. The fourth-order valence-electron chi connectivity index (χ4n) is 3.94. The number of hydrogen-bond acceptors (Lipinski definition) is 5. The van der Waals surface area contributed by atoms with Gasteiger partial charge in [0, 0.05) is 44.5 Å². The molecule has 2 fully saturated rings. The van der Waals surface area contributed by atoms with E-state index in [1.165, 1.54) is 23.7 Å². The topological polar surface area (TPSA) is 79.0 Å². The van der Waals surface area contributed by atoms with E-state index in [9.17, 15) is 9.59 Å². The fourth-order valence-corrected chi connectivity index (χ4v) is 3.94. The van der Waals surface area contributed by atoms with E-state index in [0.29, 0.717) is 18.8 Å². The quantitative estimate of drug-likeness (QED) is 0.769. The lowest BCUT2D eigenvalue weighted by Gasteiger charge is -2.37. The van der Waals surface area contributed by atoms with Gasteiger partial charge in [0.25, 0.3) is 0 Å². The largest absolute Gasteiger partial charge is 0.396 e. The lowest BCUT2D eigenvalue weighted by molar-refractivity contribution is -0.129. The van der Waals surface area contributed by atoms with Gasteiger partial charge in [0.1, 0.15) is 6.54 Å². The average molecular weight is 413 g/mol. The van der Waals surface area contributed by atoms with E-state index in [1.807, 2.05) is 18.7 Å². The van der Waals surface area contributed by atoms with Crippen LogP contribution in [-0.2, 0) is 9.59 Å².